The molecule has 0 bridgehead atoms. The summed E-state index contributed by atoms with van der Waals surface area (Å²) in [6, 6.07) is 10.6. The van der Waals surface area contributed by atoms with E-state index >= 15 is 0 Å². The van der Waals surface area contributed by atoms with E-state index in [1.807, 2.05) is 12.1 Å². The lowest BCUT2D eigenvalue weighted by atomic mass is 10.0. The molecule has 0 saturated carbocycles. The third kappa shape index (κ3) is 2.55. The molecule has 1 aromatic rings. The SMILES string of the molecule is N#CCC(O)C(O)c1ccccc1. The highest BCUT2D eigenvalue weighted by Crippen LogP contribution is 2.17. The van der Waals surface area contributed by atoms with Crippen LogP contribution in [0.15, 0.2) is 30.3 Å². The van der Waals surface area contributed by atoms with Gasteiger partial charge in [-0.25, -0.2) is 0 Å². The molecule has 0 aliphatic rings. The molecule has 0 aliphatic carbocycles. The predicted octanol–water partition coefficient (Wildman–Crippen LogP) is 0.995. The van der Waals surface area contributed by atoms with Crippen molar-refractivity contribution in [3.05, 3.63) is 35.9 Å². The maximum Gasteiger partial charge on any atom is 0.106 e. The Morgan fingerprint density at radius 2 is 1.85 bits per heavy atom. The standard InChI is InChI=1S/C10H11NO2/c11-7-6-9(12)10(13)8-4-2-1-3-5-8/h1-5,9-10,12-13H,6H2. The van der Waals surface area contributed by atoms with Crippen LogP contribution in [0.25, 0.3) is 0 Å². The van der Waals surface area contributed by atoms with E-state index < -0.39 is 12.2 Å². The van der Waals surface area contributed by atoms with Gasteiger partial charge in [-0.2, -0.15) is 5.26 Å². The van der Waals surface area contributed by atoms with Gasteiger partial charge in [0.05, 0.1) is 18.6 Å². The summed E-state index contributed by atoms with van der Waals surface area (Å²) in [6.45, 7) is 0. The van der Waals surface area contributed by atoms with Gasteiger partial charge in [0.2, 0.25) is 0 Å². The van der Waals surface area contributed by atoms with E-state index in [1.54, 1.807) is 24.3 Å². The van der Waals surface area contributed by atoms with Crippen molar-refractivity contribution < 1.29 is 10.2 Å². The van der Waals surface area contributed by atoms with E-state index in [-0.39, 0.29) is 6.42 Å². The molecule has 3 heteroatoms. The van der Waals surface area contributed by atoms with E-state index in [4.69, 9.17) is 5.26 Å². The second kappa shape index (κ2) is 4.61. The minimum atomic E-state index is -1.01. The van der Waals surface area contributed by atoms with E-state index in [0.29, 0.717) is 5.56 Å². The monoisotopic (exact) mass is 177 g/mol. The molecule has 0 heterocycles. The van der Waals surface area contributed by atoms with Crippen LogP contribution in [-0.4, -0.2) is 16.3 Å². The largest absolute Gasteiger partial charge is 0.389 e. The quantitative estimate of drug-likeness (QED) is 0.723. The molecule has 0 saturated heterocycles. The van der Waals surface area contributed by atoms with Crippen molar-refractivity contribution in [2.24, 2.45) is 0 Å². The predicted molar refractivity (Wildman–Crippen MR) is 47.6 cm³/mol. The summed E-state index contributed by atoms with van der Waals surface area (Å²) in [5.74, 6) is 0. The Labute approximate surface area is 76.9 Å². The summed E-state index contributed by atoms with van der Waals surface area (Å²) in [6.07, 6.45) is -2.04. The lowest BCUT2D eigenvalue weighted by Crippen LogP contribution is -2.17. The molecule has 1 rings (SSSR count). The van der Waals surface area contributed by atoms with Gasteiger partial charge in [0.25, 0.3) is 0 Å². The van der Waals surface area contributed by atoms with Gasteiger partial charge in [-0.3, -0.25) is 0 Å². The van der Waals surface area contributed by atoms with Crippen molar-refractivity contribution in [1.82, 2.24) is 0 Å². The van der Waals surface area contributed by atoms with Crippen LogP contribution in [-0.2, 0) is 0 Å². The van der Waals surface area contributed by atoms with Crippen LogP contribution < -0.4 is 0 Å². The Balaban J connectivity index is 2.69. The third-order valence-electron chi connectivity index (χ3n) is 1.81. The first-order valence-corrected chi connectivity index (χ1v) is 4.03. The second-order valence-corrected chi connectivity index (χ2v) is 2.79. The zero-order chi connectivity index (χ0) is 9.68. The number of hydrogen-bond acceptors (Lipinski definition) is 3. The topological polar surface area (TPSA) is 64.2 Å². The molecule has 2 N–H and O–H groups in total. The molecule has 1 aromatic carbocycles. The summed E-state index contributed by atoms with van der Waals surface area (Å²) in [5, 5.41) is 27.1. The molecule has 3 nitrogen and oxygen atoms in total. The van der Waals surface area contributed by atoms with Crippen molar-refractivity contribution in [2.45, 2.75) is 18.6 Å². The fraction of sp³-hybridized carbons (Fsp3) is 0.300. The van der Waals surface area contributed by atoms with Crippen molar-refractivity contribution in [3.63, 3.8) is 0 Å². The first-order valence-electron chi connectivity index (χ1n) is 4.03. The number of rotatable bonds is 3. The van der Waals surface area contributed by atoms with Crippen molar-refractivity contribution in [2.75, 3.05) is 0 Å². The summed E-state index contributed by atoms with van der Waals surface area (Å²) in [5.41, 5.74) is 0.630. The average Bonchev–Trinajstić information content (AvgIpc) is 2.18. The molecule has 0 amide bonds. The van der Waals surface area contributed by atoms with Gasteiger partial charge >= 0.3 is 0 Å². The van der Waals surface area contributed by atoms with Crippen molar-refractivity contribution in [1.29, 1.82) is 5.26 Å². The van der Waals surface area contributed by atoms with Crippen LogP contribution in [0.2, 0.25) is 0 Å². The Morgan fingerprint density at radius 3 is 2.38 bits per heavy atom. The lowest BCUT2D eigenvalue weighted by Gasteiger charge is -2.14. The lowest BCUT2D eigenvalue weighted by molar-refractivity contribution is 0.0216. The molecule has 0 radical (unpaired) electrons. The van der Waals surface area contributed by atoms with Gasteiger partial charge in [-0.05, 0) is 5.56 Å². The number of aliphatic hydroxyl groups is 2. The maximum absolute atomic E-state index is 9.52. The highest BCUT2D eigenvalue weighted by atomic mass is 16.3. The minimum absolute atomic E-state index is 0.0595. The second-order valence-electron chi connectivity index (χ2n) is 2.79. The number of nitriles is 1. The Morgan fingerprint density at radius 1 is 1.23 bits per heavy atom. The zero-order valence-corrected chi connectivity index (χ0v) is 7.09. The number of benzene rings is 1. The third-order valence-corrected chi connectivity index (χ3v) is 1.81. The number of aliphatic hydroxyl groups excluding tert-OH is 2. The van der Waals surface area contributed by atoms with Gasteiger partial charge in [-0.1, -0.05) is 30.3 Å². The Kier molecular flexibility index (Phi) is 3.44. The van der Waals surface area contributed by atoms with Crippen molar-refractivity contribution in [3.8, 4) is 6.07 Å². The highest BCUT2D eigenvalue weighted by Gasteiger charge is 2.16. The Bertz CT molecular complexity index is 292. The van der Waals surface area contributed by atoms with Crippen molar-refractivity contribution >= 4 is 0 Å². The normalized spacial score (nSPS) is 14.5. The maximum atomic E-state index is 9.52. The molecule has 13 heavy (non-hydrogen) atoms. The molecule has 0 aromatic heterocycles. The van der Waals surface area contributed by atoms with Gasteiger partial charge < -0.3 is 10.2 Å². The first kappa shape index (κ1) is 9.72. The molecule has 2 unspecified atom stereocenters. The summed E-state index contributed by atoms with van der Waals surface area (Å²) < 4.78 is 0. The summed E-state index contributed by atoms with van der Waals surface area (Å²) in [7, 11) is 0. The van der Waals surface area contributed by atoms with Gasteiger partial charge in [0.1, 0.15) is 6.10 Å². The van der Waals surface area contributed by atoms with Crippen LogP contribution in [0, 0.1) is 11.3 Å². The molecule has 0 aliphatic heterocycles. The van der Waals surface area contributed by atoms with Gasteiger partial charge in [-0.15, -0.1) is 0 Å². The van der Waals surface area contributed by atoms with Gasteiger partial charge in [0, 0.05) is 0 Å². The zero-order valence-electron chi connectivity index (χ0n) is 7.09. The fourth-order valence-corrected chi connectivity index (χ4v) is 1.08. The van der Waals surface area contributed by atoms with E-state index in [9.17, 15) is 10.2 Å². The van der Waals surface area contributed by atoms with E-state index in [0.717, 1.165) is 0 Å². The minimum Gasteiger partial charge on any atom is -0.389 e. The molecule has 0 spiro atoms. The summed E-state index contributed by atoms with van der Waals surface area (Å²) >= 11 is 0. The van der Waals surface area contributed by atoms with Crippen LogP contribution in [0.4, 0.5) is 0 Å². The van der Waals surface area contributed by atoms with Gasteiger partial charge in [0.15, 0.2) is 0 Å². The fourth-order valence-electron chi connectivity index (χ4n) is 1.08. The summed E-state index contributed by atoms with van der Waals surface area (Å²) in [4.78, 5) is 0. The van der Waals surface area contributed by atoms with Crippen LogP contribution in [0.5, 0.6) is 0 Å². The molecule has 68 valence electrons. The van der Waals surface area contributed by atoms with Crippen LogP contribution in [0.1, 0.15) is 18.1 Å². The van der Waals surface area contributed by atoms with Crippen LogP contribution in [0.3, 0.4) is 0 Å². The smallest absolute Gasteiger partial charge is 0.106 e. The Hall–Kier alpha value is -1.37. The first-order chi connectivity index (χ1) is 6.25. The average molecular weight is 177 g/mol. The number of hydrogen-bond donors (Lipinski definition) is 2. The molecular weight excluding hydrogens is 166 g/mol. The highest BCUT2D eigenvalue weighted by molar-refractivity contribution is 5.18. The van der Waals surface area contributed by atoms with E-state index in [1.165, 1.54) is 0 Å². The number of nitrogens with zero attached hydrogens (tertiary/aromatic N) is 1. The molecular formula is C10H11NO2. The molecule has 0 fully saturated rings. The van der Waals surface area contributed by atoms with E-state index in [2.05, 4.69) is 0 Å². The molecule has 2 atom stereocenters. The van der Waals surface area contributed by atoms with Crippen LogP contribution >= 0.6 is 0 Å².